The number of thioether (sulfide) groups is 1. The van der Waals surface area contributed by atoms with Gasteiger partial charge < -0.3 is 10.1 Å². The van der Waals surface area contributed by atoms with Crippen molar-refractivity contribution in [1.82, 2.24) is 5.32 Å². The molecule has 0 aliphatic rings. The zero-order chi connectivity index (χ0) is 15.8. The van der Waals surface area contributed by atoms with Crippen LogP contribution in [-0.4, -0.2) is 36.1 Å². The van der Waals surface area contributed by atoms with Crippen LogP contribution in [0.1, 0.15) is 23.7 Å². The molecule has 0 bridgehead atoms. The predicted octanol–water partition coefficient (Wildman–Crippen LogP) is 3.22. The molecule has 0 heterocycles. The first-order valence-corrected chi connectivity index (χ1v) is 8.69. The zero-order valence-corrected chi connectivity index (χ0v) is 15.0. The summed E-state index contributed by atoms with van der Waals surface area (Å²) in [6.07, 6.45) is 2.03. The van der Waals surface area contributed by atoms with Crippen LogP contribution in [0.4, 0.5) is 0 Å². The number of ether oxygens (including phenoxy) is 1. The van der Waals surface area contributed by atoms with Crippen molar-refractivity contribution in [3.05, 3.63) is 28.2 Å². The lowest BCUT2D eigenvalue weighted by Crippen LogP contribution is -2.30. The fourth-order valence-electron chi connectivity index (χ4n) is 1.54. The van der Waals surface area contributed by atoms with E-state index < -0.39 is 5.97 Å². The number of benzene rings is 1. The van der Waals surface area contributed by atoms with Crippen LogP contribution in [-0.2, 0) is 9.53 Å². The van der Waals surface area contributed by atoms with E-state index in [0.717, 1.165) is 9.37 Å². The molecule has 0 spiro atoms. The highest BCUT2D eigenvalue weighted by molar-refractivity contribution is 9.10. The summed E-state index contributed by atoms with van der Waals surface area (Å²) in [7, 11) is 0. The van der Waals surface area contributed by atoms with E-state index in [4.69, 9.17) is 17.0 Å². The van der Waals surface area contributed by atoms with Gasteiger partial charge in [0.05, 0.1) is 18.0 Å². The monoisotopic (exact) mass is 389 g/mol. The lowest BCUT2D eigenvalue weighted by Gasteiger charge is -2.08. The molecule has 0 unspecified atom stereocenters. The van der Waals surface area contributed by atoms with Gasteiger partial charge in [-0.25, -0.2) is 0 Å². The van der Waals surface area contributed by atoms with Gasteiger partial charge in [-0.05, 0) is 31.4 Å². The minimum absolute atomic E-state index is 0.0213. The van der Waals surface area contributed by atoms with Crippen molar-refractivity contribution >= 4 is 56.7 Å². The van der Waals surface area contributed by atoms with Crippen molar-refractivity contribution in [1.29, 1.82) is 0 Å². The third-order valence-corrected chi connectivity index (χ3v) is 4.20. The van der Waals surface area contributed by atoms with E-state index in [9.17, 15) is 9.59 Å². The molecule has 1 N–H and O–H groups in total. The number of ketones is 1. The summed E-state index contributed by atoms with van der Waals surface area (Å²) in [5.41, 5.74) is 0.577. The topological polar surface area (TPSA) is 55.4 Å². The summed E-state index contributed by atoms with van der Waals surface area (Å²) >= 11 is 10.1. The van der Waals surface area contributed by atoms with Crippen LogP contribution in [0.2, 0.25) is 0 Å². The smallest absolute Gasteiger partial charge is 0.325 e. The van der Waals surface area contributed by atoms with Crippen LogP contribution >= 0.6 is 39.9 Å². The molecular weight excluding hydrogens is 374 g/mol. The van der Waals surface area contributed by atoms with Gasteiger partial charge in [0.1, 0.15) is 6.54 Å². The van der Waals surface area contributed by atoms with Crippen LogP contribution in [0.3, 0.4) is 0 Å². The van der Waals surface area contributed by atoms with Crippen LogP contribution < -0.4 is 5.32 Å². The SMILES string of the molecule is CCOC(=O)CNC(=S)CC(=O)c1ccc(SC)cc1Br. The maximum absolute atomic E-state index is 12.2. The minimum atomic E-state index is -0.391. The van der Waals surface area contributed by atoms with E-state index in [2.05, 4.69) is 21.2 Å². The number of carbonyl (C=O) groups excluding carboxylic acids is 2. The number of nitrogens with one attached hydrogen (secondary N) is 1. The molecule has 0 aromatic heterocycles. The van der Waals surface area contributed by atoms with E-state index in [1.807, 2.05) is 18.4 Å². The van der Waals surface area contributed by atoms with Gasteiger partial charge in [0.25, 0.3) is 0 Å². The Labute approximate surface area is 142 Å². The number of esters is 1. The van der Waals surface area contributed by atoms with E-state index in [0.29, 0.717) is 17.2 Å². The average Bonchev–Trinajstić information content (AvgIpc) is 2.45. The predicted molar refractivity (Wildman–Crippen MR) is 92.1 cm³/mol. The van der Waals surface area contributed by atoms with E-state index in [1.54, 1.807) is 24.8 Å². The molecule has 21 heavy (non-hydrogen) atoms. The molecule has 0 fully saturated rings. The number of hydrogen-bond acceptors (Lipinski definition) is 5. The molecule has 0 saturated heterocycles. The van der Waals surface area contributed by atoms with Crippen molar-refractivity contribution in [3.8, 4) is 0 Å². The molecule has 1 rings (SSSR count). The van der Waals surface area contributed by atoms with Crippen molar-refractivity contribution < 1.29 is 14.3 Å². The molecule has 4 nitrogen and oxygen atoms in total. The van der Waals surface area contributed by atoms with Gasteiger partial charge in [0, 0.05) is 14.9 Å². The highest BCUT2D eigenvalue weighted by Gasteiger charge is 2.13. The molecule has 7 heteroatoms. The maximum atomic E-state index is 12.2. The molecule has 1 aromatic rings. The molecular formula is C14H16BrNO3S2. The van der Waals surface area contributed by atoms with Gasteiger partial charge in [0.2, 0.25) is 0 Å². The Hall–Kier alpha value is -0.920. The standard InChI is InChI=1S/C14H16BrNO3S2/c1-3-19-14(18)8-16-13(20)7-12(17)10-5-4-9(21-2)6-11(10)15/h4-6H,3,7-8H2,1-2H3,(H,16,20). The van der Waals surface area contributed by atoms with Crippen molar-refractivity contribution in [2.75, 3.05) is 19.4 Å². The molecule has 1 aromatic carbocycles. The number of thiocarbonyl (C=S) groups is 1. The Morgan fingerprint density at radius 2 is 2.14 bits per heavy atom. The Bertz CT molecular complexity index is 549. The molecule has 0 radical (unpaired) electrons. The zero-order valence-electron chi connectivity index (χ0n) is 11.8. The maximum Gasteiger partial charge on any atom is 0.325 e. The Balaban J connectivity index is 2.56. The van der Waals surface area contributed by atoms with Gasteiger partial charge >= 0.3 is 5.97 Å². The third-order valence-electron chi connectivity index (χ3n) is 2.53. The van der Waals surface area contributed by atoms with Crippen LogP contribution in [0, 0.1) is 0 Å². The Kier molecular flexibility index (Phi) is 7.92. The molecule has 0 aliphatic heterocycles. The number of halogens is 1. The highest BCUT2D eigenvalue weighted by Crippen LogP contribution is 2.24. The summed E-state index contributed by atoms with van der Waals surface area (Å²) in [6, 6.07) is 5.55. The van der Waals surface area contributed by atoms with E-state index >= 15 is 0 Å². The normalized spacial score (nSPS) is 10.0. The summed E-state index contributed by atoms with van der Waals surface area (Å²) < 4.78 is 5.51. The van der Waals surface area contributed by atoms with Crippen LogP contribution in [0.25, 0.3) is 0 Å². The molecule has 0 saturated carbocycles. The molecule has 0 amide bonds. The summed E-state index contributed by atoms with van der Waals surface area (Å²) in [4.78, 5) is 24.8. The number of Topliss-reactive ketones (excluding diaryl/α,β-unsaturated/α-hetero) is 1. The fourth-order valence-corrected chi connectivity index (χ4v) is 2.93. The van der Waals surface area contributed by atoms with Crippen molar-refractivity contribution in [3.63, 3.8) is 0 Å². The van der Waals surface area contributed by atoms with E-state index in [-0.39, 0.29) is 18.7 Å². The van der Waals surface area contributed by atoms with Crippen molar-refractivity contribution in [2.45, 2.75) is 18.2 Å². The van der Waals surface area contributed by atoms with Gasteiger partial charge in [-0.3, -0.25) is 9.59 Å². The molecule has 0 aliphatic carbocycles. The molecule has 114 valence electrons. The Morgan fingerprint density at radius 3 is 2.71 bits per heavy atom. The number of rotatable bonds is 7. The number of hydrogen-bond donors (Lipinski definition) is 1. The number of carbonyl (C=O) groups is 2. The van der Waals surface area contributed by atoms with Crippen LogP contribution in [0.15, 0.2) is 27.6 Å². The fraction of sp³-hybridized carbons (Fsp3) is 0.357. The Morgan fingerprint density at radius 1 is 1.43 bits per heavy atom. The second-order valence-corrected chi connectivity index (χ2v) is 6.25. The quantitative estimate of drug-likeness (QED) is 0.334. The van der Waals surface area contributed by atoms with Crippen LogP contribution in [0.5, 0.6) is 0 Å². The summed E-state index contributed by atoms with van der Waals surface area (Å²) in [5, 5.41) is 2.73. The lowest BCUT2D eigenvalue weighted by molar-refractivity contribution is -0.141. The van der Waals surface area contributed by atoms with Gasteiger partial charge in [-0.1, -0.05) is 28.1 Å². The first-order chi connectivity index (χ1) is 9.97. The first-order valence-electron chi connectivity index (χ1n) is 6.27. The van der Waals surface area contributed by atoms with Gasteiger partial charge in [-0.15, -0.1) is 11.8 Å². The largest absolute Gasteiger partial charge is 0.465 e. The first kappa shape index (κ1) is 18.1. The molecule has 0 atom stereocenters. The lowest BCUT2D eigenvalue weighted by atomic mass is 10.1. The summed E-state index contributed by atoms with van der Waals surface area (Å²) in [6.45, 7) is 2.03. The highest BCUT2D eigenvalue weighted by atomic mass is 79.9. The second kappa shape index (κ2) is 9.17. The van der Waals surface area contributed by atoms with Crippen molar-refractivity contribution in [2.24, 2.45) is 0 Å². The third kappa shape index (κ3) is 6.15. The second-order valence-electron chi connectivity index (χ2n) is 4.03. The van der Waals surface area contributed by atoms with Gasteiger partial charge in [-0.2, -0.15) is 0 Å². The summed E-state index contributed by atoms with van der Waals surface area (Å²) in [5.74, 6) is -0.492. The van der Waals surface area contributed by atoms with Gasteiger partial charge in [0.15, 0.2) is 5.78 Å². The van der Waals surface area contributed by atoms with E-state index in [1.165, 1.54) is 0 Å². The minimum Gasteiger partial charge on any atom is -0.465 e. The average molecular weight is 390 g/mol.